The van der Waals surface area contributed by atoms with Crippen LogP contribution in [0.2, 0.25) is 0 Å². The summed E-state index contributed by atoms with van der Waals surface area (Å²) in [5.41, 5.74) is -0.0525. The van der Waals surface area contributed by atoms with Gasteiger partial charge in [-0.15, -0.1) is 0 Å². The molecule has 0 amide bonds. The van der Waals surface area contributed by atoms with E-state index in [0.717, 1.165) is 5.56 Å². The van der Waals surface area contributed by atoms with Gasteiger partial charge in [0, 0.05) is 26.1 Å². The Bertz CT molecular complexity index is 377. The minimum atomic E-state index is -0.936. The van der Waals surface area contributed by atoms with Crippen LogP contribution in [-0.4, -0.2) is 23.9 Å². The van der Waals surface area contributed by atoms with Gasteiger partial charge in [0.25, 0.3) is 0 Å². The number of nitrogens with zero attached hydrogens (tertiary/aromatic N) is 1. The Morgan fingerprint density at radius 1 is 1.25 bits per heavy atom. The predicted molar refractivity (Wildman–Crippen MR) is 59.8 cm³/mol. The van der Waals surface area contributed by atoms with Crippen molar-refractivity contribution in [1.29, 1.82) is 5.26 Å². The van der Waals surface area contributed by atoms with Gasteiger partial charge in [0.2, 0.25) is 0 Å². The van der Waals surface area contributed by atoms with Crippen LogP contribution in [0.1, 0.15) is 24.3 Å². The van der Waals surface area contributed by atoms with Gasteiger partial charge in [-0.1, -0.05) is 30.3 Å². The Morgan fingerprint density at radius 3 is 2.44 bits per heavy atom. The molecule has 0 unspecified atom stereocenters. The minimum absolute atomic E-state index is 0.461. The molecule has 0 radical (unpaired) electrons. The molecule has 0 aliphatic carbocycles. The molecule has 16 heavy (non-hydrogen) atoms. The second-order valence-corrected chi connectivity index (χ2v) is 4.19. The van der Waals surface area contributed by atoms with Gasteiger partial charge in [-0.2, -0.15) is 5.26 Å². The molecule has 1 aromatic rings. The second-order valence-electron chi connectivity index (χ2n) is 4.19. The molecular weight excluding hydrogens is 202 g/mol. The van der Waals surface area contributed by atoms with E-state index in [1.54, 1.807) is 0 Å². The predicted octanol–water partition coefficient (Wildman–Crippen LogP) is 1.84. The Morgan fingerprint density at radius 2 is 1.88 bits per heavy atom. The number of hydrogen-bond acceptors (Lipinski definition) is 3. The van der Waals surface area contributed by atoms with Crippen LogP contribution in [0.15, 0.2) is 30.3 Å². The highest BCUT2D eigenvalue weighted by molar-refractivity contribution is 5.29. The fourth-order valence-corrected chi connectivity index (χ4v) is 2.16. The van der Waals surface area contributed by atoms with Gasteiger partial charge in [0.15, 0.2) is 0 Å². The first kappa shape index (κ1) is 11.1. The lowest BCUT2D eigenvalue weighted by molar-refractivity contribution is -0.0702. The van der Waals surface area contributed by atoms with Crippen molar-refractivity contribution >= 4 is 0 Å². The van der Waals surface area contributed by atoms with Crippen LogP contribution in [0.3, 0.4) is 0 Å². The lowest BCUT2D eigenvalue weighted by Crippen LogP contribution is -2.41. The molecule has 0 spiro atoms. The first-order valence-electron chi connectivity index (χ1n) is 5.51. The molecule has 1 fully saturated rings. The molecule has 1 heterocycles. The molecule has 0 bridgehead atoms. The highest BCUT2D eigenvalue weighted by Gasteiger charge is 2.39. The molecule has 0 aromatic heterocycles. The Hall–Kier alpha value is -1.37. The summed E-state index contributed by atoms with van der Waals surface area (Å²) < 4.78 is 5.23. The molecule has 1 atom stereocenters. The van der Waals surface area contributed by atoms with Crippen molar-refractivity contribution in [3.05, 3.63) is 35.9 Å². The maximum atomic E-state index is 10.5. The van der Waals surface area contributed by atoms with Crippen molar-refractivity contribution in [2.75, 3.05) is 13.2 Å². The van der Waals surface area contributed by atoms with Gasteiger partial charge in [-0.25, -0.2) is 0 Å². The van der Waals surface area contributed by atoms with Crippen molar-refractivity contribution in [1.82, 2.24) is 0 Å². The summed E-state index contributed by atoms with van der Waals surface area (Å²) in [5.74, 6) is -0.461. The standard InChI is InChI=1S/C13H15NO2/c14-10-12(11-4-2-1-3-5-11)13(15)6-8-16-9-7-13/h1-5,12,15H,6-9H2/t12-/m1/s1. The van der Waals surface area contributed by atoms with E-state index in [-0.39, 0.29) is 0 Å². The average molecular weight is 217 g/mol. The Balaban J connectivity index is 2.26. The molecule has 1 saturated heterocycles. The van der Waals surface area contributed by atoms with E-state index in [9.17, 15) is 10.4 Å². The smallest absolute Gasteiger partial charge is 0.100 e. The van der Waals surface area contributed by atoms with E-state index < -0.39 is 11.5 Å². The van der Waals surface area contributed by atoms with Crippen LogP contribution in [0.5, 0.6) is 0 Å². The van der Waals surface area contributed by atoms with Crippen molar-refractivity contribution in [3.63, 3.8) is 0 Å². The van der Waals surface area contributed by atoms with Crippen molar-refractivity contribution < 1.29 is 9.84 Å². The summed E-state index contributed by atoms with van der Waals surface area (Å²) in [5, 5.41) is 19.7. The van der Waals surface area contributed by atoms with E-state index in [1.807, 2.05) is 30.3 Å². The highest BCUT2D eigenvalue weighted by atomic mass is 16.5. The van der Waals surface area contributed by atoms with E-state index in [2.05, 4.69) is 6.07 Å². The van der Waals surface area contributed by atoms with E-state index in [0.29, 0.717) is 26.1 Å². The van der Waals surface area contributed by atoms with Crippen molar-refractivity contribution in [3.8, 4) is 6.07 Å². The molecule has 1 N–H and O–H groups in total. The molecule has 84 valence electrons. The third kappa shape index (κ3) is 2.08. The number of benzene rings is 1. The number of nitriles is 1. The van der Waals surface area contributed by atoms with Gasteiger partial charge >= 0.3 is 0 Å². The van der Waals surface area contributed by atoms with E-state index in [1.165, 1.54) is 0 Å². The number of ether oxygens (including phenoxy) is 1. The lowest BCUT2D eigenvalue weighted by atomic mass is 9.78. The molecule has 1 aliphatic rings. The molecule has 2 rings (SSSR count). The van der Waals surface area contributed by atoms with Crippen molar-refractivity contribution in [2.24, 2.45) is 0 Å². The SMILES string of the molecule is N#C[C@H](c1ccccc1)C1(O)CCOCC1. The van der Waals surface area contributed by atoms with Gasteiger partial charge in [-0.3, -0.25) is 0 Å². The Kier molecular flexibility index (Phi) is 3.23. The first-order chi connectivity index (χ1) is 7.76. The number of aliphatic hydroxyl groups is 1. The maximum Gasteiger partial charge on any atom is 0.100 e. The van der Waals surface area contributed by atoms with E-state index in [4.69, 9.17) is 4.74 Å². The number of hydrogen-bond donors (Lipinski definition) is 1. The average Bonchev–Trinajstić information content (AvgIpc) is 2.32. The summed E-state index contributed by atoms with van der Waals surface area (Å²) in [4.78, 5) is 0. The fraction of sp³-hybridized carbons (Fsp3) is 0.462. The summed E-state index contributed by atoms with van der Waals surface area (Å²) in [6.07, 6.45) is 1.06. The van der Waals surface area contributed by atoms with Crippen LogP contribution in [0.25, 0.3) is 0 Å². The van der Waals surface area contributed by atoms with Gasteiger partial charge < -0.3 is 9.84 Å². The van der Waals surface area contributed by atoms with Crippen molar-refractivity contribution in [2.45, 2.75) is 24.4 Å². The highest BCUT2D eigenvalue weighted by Crippen LogP contribution is 2.35. The summed E-state index contributed by atoms with van der Waals surface area (Å²) in [6.45, 7) is 1.06. The molecule has 3 nitrogen and oxygen atoms in total. The largest absolute Gasteiger partial charge is 0.388 e. The molecule has 3 heteroatoms. The summed E-state index contributed by atoms with van der Waals surface area (Å²) in [7, 11) is 0. The van der Waals surface area contributed by atoms with Crippen LogP contribution in [0, 0.1) is 11.3 Å². The summed E-state index contributed by atoms with van der Waals surface area (Å²) in [6, 6.07) is 11.7. The maximum absolute atomic E-state index is 10.5. The Labute approximate surface area is 95.3 Å². The van der Waals surface area contributed by atoms with E-state index >= 15 is 0 Å². The number of rotatable bonds is 2. The molecule has 1 aromatic carbocycles. The quantitative estimate of drug-likeness (QED) is 0.822. The monoisotopic (exact) mass is 217 g/mol. The molecule has 1 aliphatic heterocycles. The van der Waals surface area contributed by atoms with Gasteiger partial charge in [0.05, 0.1) is 11.7 Å². The minimum Gasteiger partial charge on any atom is -0.388 e. The zero-order valence-electron chi connectivity index (χ0n) is 9.10. The summed E-state index contributed by atoms with van der Waals surface area (Å²) >= 11 is 0. The van der Waals surface area contributed by atoms with Crippen LogP contribution in [-0.2, 0) is 4.74 Å². The molecule has 0 saturated carbocycles. The zero-order chi connectivity index (χ0) is 11.4. The molecular formula is C13H15NO2. The lowest BCUT2D eigenvalue weighted by Gasteiger charge is -2.35. The van der Waals surface area contributed by atoms with Crippen LogP contribution in [0.4, 0.5) is 0 Å². The fourth-order valence-electron chi connectivity index (χ4n) is 2.16. The van der Waals surface area contributed by atoms with Crippen LogP contribution < -0.4 is 0 Å². The zero-order valence-corrected chi connectivity index (χ0v) is 9.10. The third-order valence-electron chi connectivity index (χ3n) is 3.16. The van der Waals surface area contributed by atoms with Gasteiger partial charge in [-0.05, 0) is 5.56 Å². The van der Waals surface area contributed by atoms with Crippen LogP contribution >= 0.6 is 0 Å². The normalized spacial score (nSPS) is 21.0. The topological polar surface area (TPSA) is 53.2 Å². The van der Waals surface area contributed by atoms with Gasteiger partial charge in [0.1, 0.15) is 5.92 Å². The third-order valence-corrected chi connectivity index (χ3v) is 3.16. The second kappa shape index (κ2) is 4.65. The first-order valence-corrected chi connectivity index (χ1v) is 5.51.